The summed E-state index contributed by atoms with van der Waals surface area (Å²) in [5.74, 6) is 1.16. The first-order chi connectivity index (χ1) is 22.2. The van der Waals surface area contributed by atoms with Crippen LogP contribution < -0.4 is 15.4 Å². The number of aromatic nitrogens is 3. The number of amides is 1. The average molecular weight is 653 g/mol. The van der Waals surface area contributed by atoms with E-state index in [1.807, 2.05) is 52.0 Å². The van der Waals surface area contributed by atoms with Gasteiger partial charge in [-0.15, -0.1) is 0 Å². The van der Waals surface area contributed by atoms with Crippen molar-refractivity contribution in [2.24, 2.45) is 0 Å². The Hall–Kier alpha value is -4.65. The lowest BCUT2D eigenvalue weighted by atomic mass is 10.0. The van der Waals surface area contributed by atoms with Gasteiger partial charge in [-0.05, 0) is 76.8 Å². The van der Waals surface area contributed by atoms with Crippen LogP contribution in [0.25, 0.3) is 22.0 Å². The molecule has 13 heteroatoms. The summed E-state index contributed by atoms with van der Waals surface area (Å²) in [4.78, 5) is 28.0. The van der Waals surface area contributed by atoms with Gasteiger partial charge >= 0.3 is 12.3 Å². The summed E-state index contributed by atoms with van der Waals surface area (Å²) in [5.41, 5.74) is 2.55. The molecular weight excluding hydrogens is 613 g/mol. The number of aliphatic hydroxyl groups is 1. The van der Waals surface area contributed by atoms with E-state index >= 15 is 0 Å². The minimum absolute atomic E-state index is 0.0713. The number of fused-ring (bicyclic) bond motifs is 1. The molecule has 1 aliphatic rings. The van der Waals surface area contributed by atoms with Gasteiger partial charge < -0.3 is 30.1 Å². The zero-order valence-electron chi connectivity index (χ0n) is 27.0. The van der Waals surface area contributed by atoms with Crippen LogP contribution in [0, 0.1) is 13.8 Å². The molecular formula is C34H39F3N6O4. The fraction of sp³-hybridized carbons (Fsp3) is 0.412. The first-order valence-corrected chi connectivity index (χ1v) is 15.4. The Morgan fingerprint density at radius 3 is 2.53 bits per heavy atom. The van der Waals surface area contributed by atoms with Crippen molar-refractivity contribution in [3.8, 4) is 22.9 Å². The van der Waals surface area contributed by atoms with E-state index in [9.17, 15) is 23.1 Å². The van der Waals surface area contributed by atoms with Gasteiger partial charge in [-0.25, -0.2) is 19.7 Å². The van der Waals surface area contributed by atoms with Crippen molar-refractivity contribution in [3.63, 3.8) is 0 Å². The van der Waals surface area contributed by atoms with E-state index in [1.54, 1.807) is 42.4 Å². The first-order valence-electron chi connectivity index (χ1n) is 15.4. The number of carbonyl (C=O) groups is 1. The molecule has 0 spiro atoms. The second-order valence-corrected chi connectivity index (χ2v) is 12.6. The molecule has 2 aromatic carbocycles. The molecule has 3 heterocycles. The van der Waals surface area contributed by atoms with Crippen LogP contribution in [0.2, 0.25) is 0 Å². The second-order valence-electron chi connectivity index (χ2n) is 12.6. The minimum atomic E-state index is -4.74. The molecule has 3 N–H and O–H groups in total. The van der Waals surface area contributed by atoms with Crippen LogP contribution in [0.3, 0.4) is 0 Å². The third kappa shape index (κ3) is 8.20. The summed E-state index contributed by atoms with van der Waals surface area (Å²) in [6.45, 7) is 9.55. The highest BCUT2D eigenvalue weighted by Crippen LogP contribution is 2.40. The monoisotopic (exact) mass is 652 g/mol. The topological polar surface area (TPSA) is 122 Å². The number of nitrogens with zero attached hydrogens (tertiary/aromatic N) is 4. The molecule has 1 aliphatic heterocycles. The van der Waals surface area contributed by atoms with E-state index in [0.29, 0.717) is 58.1 Å². The van der Waals surface area contributed by atoms with Gasteiger partial charge in [-0.3, -0.25) is 0 Å². The normalized spacial score (nSPS) is 16.1. The number of halogens is 3. The quantitative estimate of drug-likeness (QED) is 0.181. The maximum atomic E-state index is 13.0. The number of rotatable bonds is 8. The molecule has 2 unspecified atom stereocenters. The van der Waals surface area contributed by atoms with Crippen LogP contribution in [0.5, 0.6) is 11.6 Å². The largest absolute Gasteiger partial charge is 0.444 e. The highest BCUT2D eigenvalue weighted by Gasteiger charge is 2.38. The molecule has 1 saturated heterocycles. The number of hydrogen-bond acceptors (Lipinski definition) is 9. The lowest BCUT2D eigenvalue weighted by Gasteiger charge is -2.34. The van der Waals surface area contributed by atoms with Crippen molar-refractivity contribution in [1.29, 1.82) is 0 Å². The Morgan fingerprint density at radius 2 is 1.79 bits per heavy atom. The molecule has 250 valence electrons. The Bertz CT molecular complexity index is 1740. The third-order valence-electron chi connectivity index (χ3n) is 7.71. The van der Waals surface area contributed by atoms with Crippen molar-refractivity contribution in [1.82, 2.24) is 19.9 Å². The van der Waals surface area contributed by atoms with Gasteiger partial charge in [0.15, 0.2) is 6.10 Å². The summed E-state index contributed by atoms with van der Waals surface area (Å²) in [6, 6.07) is 12.5. The molecule has 2 atom stereocenters. The second kappa shape index (κ2) is 13.6. The predicted octanol–water partition coefficient (Wildman–Crippen LogP) is 7.25. The van der Waals surface area contributed by atoms with Gasteiger partial charge in [-0.1, -0.05) is 24.3 Å². The molecule has 1 fully saturated rings. The van der Waals surface area contributed by atoms with E-state index in [1.165, 1.54) is 0 Å². The smallest absolute Gasteiger partial charge is 0.416 e. The number of carbonyl (C=O) groups excluding carboxylic acids is 1. The molecule has 1 amide bonds. The van der Waals surface area contributed by atoms with E-state index in [4.69, 9.17) is 14.5 Å². The van der Waals surface area contributed by atoms with Crippen molar-refractivity contribution >= 4 is 28.5 Å². The van der Waals surface area contributed by atoms with Crippen molar-refractivity contribution in [2.45, 2.75) is 71.4 Å². The number of anilines is 2. The Labute approximate surface area is 271 Å². The molecule has 0 aliphatic carbocycles. The Morgan fingerprint density at radius 1 is 1.04 bits per heavy atom. The van der Waals surface area contributed by atoms with E-state index in [0.717, 1.165) is 18.4 Å². The lowest BCUT2D eigenvalue weighted by molar-refractivity contribution is -0.198. The SMILES string of the molecule is Cc1ccc2c(Oc3ncccc3-c3ccnc(NC4CCCN(C(=O)OC(C)(C)C)C4)n3)c(C)ccc2c1NCC(O)C(F)(F)F. The van der Waals surface area contributed by atoms with Gasteiger partial charge in [0, 0.05) is 54.5 Å². The number of likely N-dealkylation sites (tertiary alicyclic amines) is 1. The van der Waals surface area contributed by atoms with Crippen LogP contribution in [0.1, 0.15) is 44.7 Å². The number of aryl methyl sites for hydroxylation is 2. The third-order valence-corrected chi connectivity index (χ3v) is 7.71. The average Bonchev–Trinajstić information content (AvgIpc) is 3.01. The highest BCUT2D eigenvalue weighted by molar-refractivity contribution is 6.00. The number of alkyl halides is 3. The predicted molar refractivity (Wildman–Crippen MR) is 174 cm³/mol. The maximum Gasteiger partial charge on any atom is 0.416 e. The number of piperidine rings is 1. The summed E-state index contributed by atoms with van der Waals surface area (Å²) >= 11 is 0. The number of ether oxygens (including phenoxy) is 2. The van der Waals surface area contributed by atoms with Crippen molar-refractivity contribution in [2.75, 3.05) is 30.3 Å². The van der Waals surface area contributed by atoms with E-state index in [2.05, 4.69) is 20.6 Å². The molecule has 0 saturated carbocycles. The fourth-order valence-electron chi connectivity index (χ4n) is 5.39. The van der Waals surface area contributed by atoms with Gasteiger partial charge in [0.1, 0.15) is 11.4 Å². The zero-order valence-corrected chi connectivity index (χ0v) is 27.0. The standard InChI is InChI=1S/C34H39F3N6O4/c1-20-10-13-24-23(28(20)40-18-27(44)34(35,36)37)12-11-21(2)29(24)46-30-25(9-6-15-38-30)26-14-16-39-31(42-26)41-22-8-7-17-43(19-22)32(45)47-33(3,4)5/h6,9-16,22,27,40,44H,7-8,17-19H2,1-5H3,(H,39,41,42). The molecule has 10 nitrogen and oxygen atoms in total. The molecule has 2 aromatic heterocycles. The van der Waals surface area contributed by atoms with E-state index < -0.39 is 24.4 Å². The molecule has 5 rings (SSSR count). The van der Waals surface area contributed by atoms with Gasteiger partial charge in [0.25, 0.3) is 0 Å². The summed E-state index contributed by atoms with van der Waals surface area (Å²) in [7, 11) is 0. The van der Waals surface area contributed by atoms with Crippen LogP contribution >= 0.6 is 0 Å². The maximum absolute atomic E-state index is 13.0. The molecule has 0 radical (unpaired) electrons. The van der Waals surface area contributed by atoms with Gasteiger partial charge in [-0.2, -0.15) is 13.2 Å². The number of hydrogen-bond donors (Lipinski definition) is 3. The first kappa shape index (κ1) is 33.7. The Kier molecular flexibility index (Phi) is 9.76. The molecule has 4 aromatic rings. The minimum Gasteiger partial charge on any atom is -0.444 e. The number of pyridine rings is 1. The Balaban J connectivity index is 1.39. The van der Waals surface area contributed by atoms with E-state index in [-0.39, 0.29) is 18.0 Å². The number of benzene rings is 2. The van der Waals surface area contributed by atoms with Gasteiger partial charge in [0.05, 0.1) is 11.3 Å². The zero-order chi connectivity index (χ0) is 33.9. The molecule has 0 bridgehead atoms. The fourth-order valence-corrected chi connectivity index (χ4v) is 5.39. The van der Waals surface area contributed by atoms with Crippen molar-refractivity contribution < 1.29 is 32.5 Å². The lowest BCUT2D eigenvalue weighted by Crippen LogP contribution is -2.47. The van der Waals surface area contributed by atoms with Crippen LogP contribution in [-0.2, 0) is 4.74 Å². The number of aliphatic hydroxyl groups excluding tert-OH is 1. The number of nitrogens with one attached hydrogen (secondary N) is 2. The van der Waals surface area contributed by atoms with Crippen LogP contribution in [0.15, 0.2) is 54.9 Å². The molecule has 47 heavy (non-hydrogen) atoms. The summed E-state index contributed by atoms with van der Waals surface area (Å²) < 4.78 is 51.0. The van der Waals surface area contributed by atoms with Gasteiger partial charge in [0.2, 0.25) is 11.8 Å². The summed E-state index contributed by atoms with van der Waals surface area (Å²) in [6.07, 6.45) is -2.72. The summed E-state index contributed by atoms with van der Waals surface area (Å²) in [5, 5.41) is 17.0. The highest BCUT2D eigenvalue weighted by atomic mass is 19.4. The van der Waals surface area contributed by atoms with Crippen LogP contribution in [-0.4, -0.2) is 74.6 Å². The van der Waals surface area contributed by atoms with Crippen molar-refractivity contribution in [3.05, 3.63) is 66.0 Å². The van der Waals surface area contributed by atoms with Crippen LogP contribution in [0.4, 0.5) is 29.6 Å².